The number of aliphatic hydroxyl groups excluding tert-OH is 21. The number of rotatable bonds is 9. The van der Waals surface area contributed by atoms with Crippen molar-refractivity contribution >= 4 is 0 Å². The molecule has 8 rings (SSSR count). The molecule has 384 valence electrons. The van der Waals surface area contributed by atoms with Crippen LogP contribution in [0.4, 0.5) is 0 Å². The van der Waals surface area contributed by atoms with Crippen molar-refractivity contribution in [3.8, 4) is 0 Å². The van der Waals surface area contributed by atoms with E-state index in [2.05, 4.69) is 0 Å². The van der Waals surface area contributed by atoms with E-state index < -0.39 is 223 Å². The minimum Gasteiger partial charge on any atom is -0.506 e. The van der Waals surface area contributed by atoms with Crippen LogP contribution in [0.3, 0.4) is 0 Å². The molecule has 0 spiro atoms. The molecular formula is C36H60O30. The zero-order chi connectivity index (χ0) is 49.3. The van der Waals surface area contributed by atoms with Crippen molar-refractivity contribution in [3.63, 3.8) is 0 Å². The fourth-order valence-electron chi connectivity index (χ4n) is 7.16. The third-order valence-electron chi connectivity index (χ3n) is 10.8. The number of hydrogen-bond acceptors (Lipinski definition) is 30. The minimum atomic E-state index is -2.73. The monoisotopic (exact) mass is 972 g/mol. The van der Waals surface area contributed by atoms with Crippen molar-refractivity contribution < 1.29 is 150 Å². The lowest BCUT2D eigenvalue weighted by Gasteiger charge is -2.47. The SMILES string of the molecule is OCC[C@H]1O[C@H]2OC(CO)[C@@H](O[C@@H](O)/C(O)=C(\O)[C@@H](CCO)O[C@H]3OC(CO)[C@@H](O[C@H]4OC(CO)[C@@H](O[C@@H](O)/C(O)=C(\O)[C@@H](CCO)O[C@@H](O)C(O)=C1O)C(O)C4O)C(O)C3O)C(O)C2O. The van der Waals surface area contributed by atoms with E-state index in [4.69, 9.17) is 42.6 Å². The number of hydrogen-bond donors (Lipinski definition) is 21. The lowest BCUT2D eigenvalue weighted by Crippen LogP contribution is -2.65. The van der Waals surface area contributed by atoms with Crippen molar-refractivity contribution in [1.82, 2.24) is 0 Å². The number of fused-ring (bicyclic) bond motifs is 1. The molecule has 9 unspecified atom stereocenters. The molecule has 30 heteroatoms. The summed E-state index contributed by atoms with van der Waals surface area (Å²) in [6.45, 7) is -5.88. The van der Waals surface area contributed by atoms with Gasteiger partial charge >= 0.3 is 0 Å². The van der Waals surface area contributed by atoms with Gasteiger partial charge in [-0.2, -0.15) is 0 Å². The van der Waals surface area contributed by atoms with Crippen LogP contribution in [0.5, 0.6) is 0 Å². The van der Waals surface area contributed by atoms with Gasteiger partial charge in [0.05, 0.1) is 19.8 Å². The molecule has 0 aliphatic carbocycles. The molecule has 21 N–H and O–H groups in total. The Labute approximate surface area is 372 Å². The van der Waals surface area contributed by atoms with E-state index in [1.807, 2.05) is 0 Å². The van der Waals surface area contributed by atoms with Gasteiger partial charge < -0.3 is 150 Å². The van der Waals surface area contributed by atoms with Gasteiger partial charge in [-0.3, -0.25) is 0 Å². The van der Waals surface area contributed by atoms with Crippen LogP contribution in [0.2, 0.25) is 0 Å². The second-order valence-corrected chi connectivity index (χ2v) is 15.2. The average Bonchev–Trinajstić information content (AvgIpc) is 3.30. The Morgan fingerprint density at radius 2 is 0.545 bits per heavy atom. The molecular weight excluding hydrogens is 912 g/mol. The molecule has 21 atom stereocenters. The van der Waals surface area contributed by atoms with Gasteiger partial charge in [-0.15, -0.1) is 0 Å². The van der Waals surface area contributed by atoms with Gasteiger partial charge in [0.25, 0.3) is 0 Å². The highest BCUT2D eigenvalue weighted by atomic mass is 16.8. The van der Waals surface area contributed by atoms with Crippen LogP contribution in [0.1, 0.15) is 19.3 Å². The summed E-state index contributed by atoms with van der Waals surface area (Å²) in [5, 5.41) is 222. The smallest absolute Gasteiger partial charge is 0.218 e. The highest BCUT2D eigenvalue weighted by Gasteiger charge is 2.53. The van der Waals surface area contributed by atoms with Gasteiger partial charge in [0.1, 0.15) is 91.6 Å². The van der Waals surface area contributed by atoms with Crippen molar-refractivity contribution in [1.29, 1.82) is 0 Å². The van der Waals surface area contributed by atoms with Crippen molar-refractivity contribution in [2.45, 2.75) is 149 Å². The minimum absolute atomic E-state index is 0.660. The average molecular weight is 973 g/mol. The van der Waals surface area contributed by atoms with Crippen LogP contribution in [-0.4, -0.2) is 276 Å². The first-order chi connectivity index (χ1) is 31.2. The van der Waals surface area contributed by atoms with Gasteiger partial charge in [-0.1, -0.05) is 0 Å². The van der Waals surface area contributed by atoms with Crippen LogP contribution < -0.4 is 0 Å². The Morgan fingerprint density at radius 3 is 0.833 bits per heavy atom. The van der Waals surface area contributed by atoms with Crippen LogP contribution in [0.25, 0.3) is 0 Å². The Balaban J connectivity index is 1.78. The molecule has 30 nitrogen and oxygen atoms in total. The van der Waals surface area contributed by atoms with Crippen molar-refractivity contribution in [2.75, 3.05) is 39.6 Å². The van der Waals surface area contributed by atoms with Gasteiger partial charge in [0, 0.05) is 39.1 Å². The van der Waals surface area contributed by atoms with Gasteiger partial charge in [-0.25, -0.2) is 0 Å². The largest absolute Gasteiger partial charge is 0.506 e. The van der Waals surface area contributed by atoms with E-state index in [1.54, 1.807) is 0 Å². The van der Waals surface area contributed by atoms with E-state index in [-0.39, 0.29) is 0 Å². The Morgan fingerprint density at radius 1 is 0.288 bits per heavy atom. The molecule has 6 bridgehead atoms. The normalized spacial score (nSPS) is 45.6. The summed E-state index contributed by atoms with van der Waals surface area (Å²) in [7, 11) is 0. The summed E-state index contributed by atoms with van der Waals surface area (Å²) in [4.78, 5) is 0. The maximum absolute atomic E-state index is 11.1. The molecule has 3 fully saturated rings. The molecule has 0 aromatic heterocycles. The van der Waals surface area contributed by atoms with Crippen LogP contribution in [0, 0.1) is 0 Å². The summed E-state index contributed by atoms with van der Waals surface area (Å²) in [6.07, 6.45) is -47.3. The van der Waals surface area contributed by atoms with E-state index >= 15 is 0 Å². The molecule has 8 heterocycles. The molecule has 0 radical (unpaired) electrons. The Bertz CT molecular complexity index is 1590. The Kier molecular flexibility index (Phi) is 21.1. The van der Waals surface area contributed by atoms with E-state index in [0.717, 1.165) is 0 Å². The molecule has 0 aromatic rings. The first-order valence-corrected chi connectivity index (χ1v) is 20.2. The molecule has 66 heavy (non-hydrogen) atoms. The van der Waals surface area contributed by atoms with Crippen LogP contribution >= 0.6 is 0 Å². The Hall–Kier alpha value is -2.94. The zero-order valence-electron chi connectivity index (χ0n) is 34.6. The highest BCUT2D eigenvalue weighted by molar-refractivity contribution is 5.12. The molecule has 8 aliphatic heterocycles. The van der Waals surface area contributed by atoms with Crippen LogP contribution in [0.15, 0.2) is 34.6 Å². The zero-order valence-corrected chi connectivity index (χ0v) is 34.6. The predicted molar refractivity (Wildman–Crippen MR) is 202 cm³/mol. The van der Waals surface area contributed by atoms with E-state index in [9.17, 15) is 107 Å². The summed E-state index contributed by atoms with van der Waals surface area (Å²) >= 11 is 0. The predicted octanol–water partition coefficient (Wildman–Crippen LogP) is -8.29. The second-order valence-electron chi connectivity index (χ2n) is 15.2. The summed E-state index contributed by atoms with van der Waals surface area (Å²) < 4.78 is 48.4. The summed E-state index contributed by atoms with van der Waals surface area (Å²) in [6, 6.07) is 0. The number of aliphatic hydroxyl groups is 21. The molecule has 0 aromatic carbocycles. The first kappa shape index (κ1) is 55.7. The fourth-order valence-corrected chi connectivity index (χ4v) is 7.16. The standard InChI is InChI=1S/C36H60O30/c37-4-1-10-16(43)23(50)32(56)65-29-14(8-41)63-36(27(54)20(29)47)66-30-15(9-42)62-35(26(53)21(30)48)60-12(3-6-39)18(45)24(51)33(57)64-28-13(7-40)61-34(25(52)19(28)46)59-11(2-5-38)17(44)22(49)31(55)58-10/h10-15,19-21,25-57H,1-9H2/b22-17?,23-16+,24-18+/t10-,11-,12-,13?,14?,15?,19?,20?,21?,25?,26?,27?,28-,29-,30-,31-,32-,33-,34+,35+,36-/m1/s1. The molecule has 8 aliphatic rings. The fraction of sp³-hybridized carbons (Fsp3) is 0.833. The molecule has 0 saturated carbocycles. The van der Waals surface area contributed by atoms with E-state index in [1.165, 1.54) is 0 Å². The molecule has 0 amide bonds. The van der Waals surface area contributed by atoms with Gasteiger partial charge in [-0.05, 0) is 0 Å². The van der Waals surface area contributed by atoms with Crippen molar-refractivity contribution in [2.24, 2.45) is 0 Å². The second kappa shape index (κ2) is 25.1. The van der Waals surface area contributed by atoms with Crippen LogP contribution in [-0.2, 0) is 42.6 Å². The molecule has 3 saturated heterocycles. The number of ether oxygens (including phenoxy) is 9. The quantitative estimate of drug-likeness (QED) is 0.102. The van der Waals surface area contributed by atoms with Crippen molar-refractivity contribution in [3.05, 3.63) is 34.6 Å². The van der Waals surface area contributed by atoms with Gasteiger partial charge in [0.15, 0.2) is 53.4 Å². The van der Waals surface area contributed by atoms with E-state index in [0.29, 0.717) is 0 Å². The summed E-state index contributed by atoms with van der Waals surface area (Å²) in [5.74, 6) is -8.71. The first-order valence-electron chi connectivity index (χ1n) is 20.2. The maximum atomic E-state index is 11.1. The van der Waals surface area contributed by atoms with Gasteiger partial charge in [0.2, 0.25) is 18.9 Å². The summed E-state index contributed by atoms with van der Waals surface area (Å²) in [5.41, 5.74) is 0. The third-order valence-corrected chi connectivity index (χ3v) is 10.8. The topological polar surface area (TPSA) is 508 Å². The maximum Gasteiger partial charge on any atom is 0.218 e. The lowest BCUT2D eigenvalue weighted by atomic mass is 9.96. The third kappa shape index (κ3) is 12.6. The highest BCUT2D eigenvalue weighted by Crippen LogP contribution is 2.34. The lowest BCUT2D eigenvalue weighted by molar-refractivity contribution is -0.368.